The summed E-state index contributed by atoms with van der Waals surface area (Å²) < 4.78 is 11.6. The van der Waals surface area contributed by atoms with Gasteiger partial charge in [-0.1, -0.05) is 32.0 Å². The van der Waals surface area contributed by atoms with E-state index in [2.05, 4.69) is 42.4 Å². The van der Waals surface area contributed by atoms with Crippen LogP contribution >= 0.6 is 0 Å². The van der Waals surface area contributed by atoms with Crippen LogP contribution in [0.3, 0.4) is 0 Å². The first-order chi connectivity index (χ1) is 14.7. The van der Waals surface area contributed by atoms with E-state index in [4.69, 9.17) is 14.5 Å². The highest BCUT2D eigenvalue weighted by Gasteiger charge is 2.34. The number of aliphatic imine (C=N–C) groups is 1. The summed E-state index contributed by atoms with van der Waals surface area (Å²) in [6, 6.07) is 8.11. The van der Waals surface area contributed by atoms with Gasteiger partial charge in [-0.05, 0) is 38.9 Å². The van der Waals surface area contributed by atoms with E-state index in [-0.39, 0.29) is 12.0 Å². The second kappa shape index (κ2) is 13.5. The zero-order chi connectivity index (χ0) is 21.7. The predicted molar refractivity (Wildman–Crippen MR) is 122 cm³/mol. The molecule has 1 saturated heterocycles. The van der Waals surface area contributed by atoms with Crippen molar-refractivity contribution in [3.05, 3.63) is 29.8 Å². The number of hydrogen-bond acceptors (Lipinski definition) is 5. The van der Waals surface area contributed by atoms with Crippen molar-refractivity contribution in [2.24, 2.45) is 10.4 Å². The fourth-order valence-electron chi connectivity index (χ4n) is 3.69. The van der Waals surface area contributed by atoms with Crippen LogP contribution in [0.1, 0.15) is 39.2 Å². The van der Waals surface area contributed by atoms with Crippen molar-refractivity contribution in [1.82, 2.24) is 15.5 Å². The van der Waals surface area contributed by atoms with Crippen LogP contribution in [0.15, 0.2) is 29.3 Å². The Hall–Kier alpha value is -1.83. The molecule has 1 unspecified atom stereocenters. The first-order valence-corrected chi connectivity index (χ1v) is 11.3. The number of ether oxygens (including phenoxy) is 2. The number of benzene rings is 1. The van der Waals surface area contributed by atoms with Gasteiger partial charge in [0.2, 0.25) is 0 Å². The van der Waals surface area contributed by atoms with E-state index >= 15 is 0 Å². The number of nitrogens with one attached hydrogen (secondary N) is 2. The van der Waals surface area contributed by atoms with Gasteiger partial charge in [-0.15, -0.1) is 0 Å². The zero-order valence-corrected chi connectivity index (χ0v) is 19.0. The number of hydrogen-bond donors (Lipinski definition) is 3. The molecule has 1 heterocycles. The van der Waals surface area contributed by atoms with Crippen LogP contribution in [0.25, 0.3) is 0 Å². The number of nitrogens with zero attached hydrogens (tertiary/aromatic N) is 2. The quantitative estimate of drug-likeness (QED) is 0.336. The maximum Gasteiger partial charge on any atom is 0.191 e. The van der Waals surface area contributed by atoms with Gasteiger partial charge in [0.15, 0.2) is 5.96 Å². The molecule has 1 aromatic carbocycles. The molecule has 0 amide bonds. The first kappa shape index (κ1) is 24.4. The molecular weight excluding hydrogens is 380 g/mol. The Bertz CT molecular complexity index is 629. The lowest BCUT2D eigenvalue weighted by Crippen LogP contribution is -2.44. The molecule has 30 heavy (non-hydrogen) atoms. The van der Waals surface area contributed by atoms with Gasteiger partial charge in [0.25, 0.3) is 0 Å². The first-order valence-electron chi connectivity index (χ1n) is 11.3. The summed E-state index contributed by atoms with van der Waals surface area (Å²) in [7, 11) is 0. The van der Waals surface area contributed by atoms with Crippen LogP contribution in [-0.2, 0) is 11.3 Å². The number of guanidine groups is 1. The summed E-state index contributed by atoms with van der Waals surface area (Å²) in [6.45, 7) is 13.7. The maximum atomic E-state index is 9.43. The van der Waals surface area contributed by atoms with Crippen molar-refractivity contribution in [1.29, 1.82) is 0 Å². The minimum absolute atomic E-state index is 0.0175. The van der Waals surface area contributed by atoms with Gasteiger partial charge in [0.1, 0.15) is 12.4 Å². The number of likely N-dealkylation sites (N-methyl/N-ethyl adjacent to an activating group) is 1. The number of rotatable bonds is 13. The normalized spacial score (nSPS) is 19.3. The highest BCUT2D eigenvalue weighted by Crippen LogP contribution is 2.31. The monoisotopic (exact) mass is 420 g/mol. The SMILES string of the molecule is CCNC(=NCc1ccccc1OCCN(CC)CC)NCC1(CCO)CCOC1. The van der Waals surface area contributed by atoms with Gasteiger partial charge in [-0.25, -0.2) is 4.99 Å². The number of aliphatic hydroxyl groups excluding tert-OH is 1. The molecule has 0 aliphatic carbocycles. The second-order valence-corrected chi connectivity index (χ2v) is 7.81. The Kier molecular flexibility index (Phi) is 11.0. The van der Waals surface area contributed by atoms with Gasteiger partial charge in [-0.2, -0.15) is 0 Å². The predicted octanol–water partition coefficient (Wildman–Crippen LogP) is 2.25. The smallest absolute Gasteiger partial charge is 0.191 e. The highest BCUT2D eigenvalue weighted by molar-refractivity contribution is 5.79. The number of para-hydroxylation sites is 1. The van der Waals surface area contributed by atoms with Crippen molar-refractivity contribution in [3.8, 4) is 5.75 Å². The molecule has 1 atom stereocenters. The Balaban J connectivity index is 1.96. The average Bonchev–Trinajstić information content (AvgIpc) is 3.23. The van der Waals surface area contributed by atoms with E-state index in [0.29, 0.717) is 19.8 Å². The van der Waals surface area contributed by atoms with Gasteiger partial charge >= 0.3 is 0 Å². The lowest BCUT2D eigenvalue weighted by Gasteiger charge is -2.27. The van der Waals surface area contributed by atoms with Crippen LogP contribution < -0.4 is 15.4 Å². The second-order valence-electron chi connectivity index (χ2n) is 7.81. The van der Waals surface area contributed by atoms with Crippen LogP contribution in [0.5, 0.6) is 5.75 Å². The third kappa shape index (κ3) is 7.78. The van der Waals surface area contributed by atoms with E-state index in [1.807, 2.05) is 18.2 Å². The third-order valence-corrected chi connectivity index (χ3v) is 5.74. The van der Waals surface area contributed by atoms with Crippen molar-refractivity contribution in [3.63, 3.8) is 0 Å². The van der Waals surface area contributed by atoms with Gasteiger partial charge in [-0.3, -0.25) is 0 Å². The average molecular weight is 421 g/mol. The van der Waals surface area contributed by atoms with Crippen LogP contribution in [0.2, 0.25) is 0 Å². The Labute approximate surface area is 181 Å². The molecule has 7 nitrogen and oxygen atoms in total. The molecule has 0 saturated carbocycles. The topological polar surface area (TPSA) is 78.4 Å². The Morgan fingerprint density at radius 2 is 2.03 bits per heavy atom. The zero-order valence-electron chi connectivity index (χ0n) is 19.0. The molecule has 0 aromatic heterocycles. The molecule has 1 aliphatic heterocycles. The van der Waals surface area contributed by atoms with E-state index in [9.17, 15) is 5.11 Å². The summed E-state index contributed by atoms with van der Waals surface area (Å²) in [6.07, 6.45) is 1.70. The minimum atomic E-state index is -0.0175. The highest BCUT2D eigenvalue weighted by atomic mass is 16.5. The molecule has 0 spiro atoms. The van der Waals surface area contributed by atoms with E-state index < -0.39 is 0 Å². The molecular formula is C23H40N4O3. The largest absolute Gasteiger partial charge is 0.492 e. The maximum absolute atomic E-state index is 9.43. The summed E-state index contributed by atoms with van der Waals surface area (Å²) in [4.78, 5) is 7.12. The summed E-state index contributed by atoms with van der Waals surface area (Å²) in [5.74, 6) is 1.67. The lowest BCUT2D eigenvalue weighted by molar-refractivity contribution is 0.127. The minimum Gasteiger partial charge on any atom is -0.492 e. The third-order valence-electron chi connectivity index (χ3n) is 5.74. The van der Waals surface area contributed by atoms with Gasteiger partial charge in [0, 0.05) is 43.8 Å². The molecule has 3 N–H and O–H groups in total. The van der Waals surface area contributed by atoms with Crippen molar-refractivity contribution in [2.45, 2.75) is 40.2 Å². The molecule has 1 aliphatic rings. The van der Waals surface area contributed by atoms with Crippen LogP contribution in [-0.4, -0.2) is 75.1 Å². The molecule has 0 radical (unpaired) electrons. The van der Waals surface area contributed by atoms with Gasteiger partial charge in [0.05, 0.1) is 13.2 Å². The molecule has 2 rings (SSSR count). The van der Waals surface area contributed by atoms with E-state index in [1.165, 1.54) is 0 Å². The molecule has 170 valence electrons. The Morgan fingerprint density at radius 1 is 1.23 bits per heavy atom. The lowest BCUT2D eigenvalue weighted by atomic mass is 9.84. The molecule has 1 fully saturated rings. The number of aliphatic hydroxyl groups is 1. The standard InChI is InChI=1S/C23H40N4O3/c1-4-24-22(26-18-23(11-14-28)12-15-29-19-23)25-17-20-9-7-8-10-21(20)30-16-13-27(5-2)6-3/h7-10,28H,4-6,11-19H2,1-3H3,(H2,24,25,26). The van der Waals surface area contributed by atoms with Crippen molar-refractivity contribution in [2.75, 3.05) is 59.2 Å². The van der Waals surface area contributed by atoms with Crippen molar-refractivity contribution >= 4 is 5.96 Å². The van der Waals surface area contributed by atoms with Crippen LogP contribution in [0, 0.1) is 5.41 Å². The molecule has 0 bridgehead atoms. The van der Waals surface area contributed by atoms with E-state index in [0.717, 1.165) is 69.4 Å². The van der Waals surface area contributed by atoms with Crippen LogP contribution in [0.4, 0.5) is 0 Å². The van der Waals surface area contributed by atoms with Gasteiger partial charge < -0.3 is 30.1 Å². The molecule has 7 heteroatoms. The fraction of sp³-hybridized carbons (Fsp3) is 0.696. The van der Waals surface area contributed by atoms with Crippen molar-refractivity contribution < 1.29 is 14.6 Å². The summed E-state index contributed by atoms with van der Waals surface area (Å²) >= 11 is 0. The Morgan fingerprint density at radius 3 is 2.70 bits per heavy atom. The van der Waals surface area contributed by atoms with E-state index in [1.54, 1.807) is 0 Å². The fourth-order valence-corrected chi connectivity index (χ4v) is 3.69. The summed E-state index contributed by atoms with van der Waals surface area (Å²) in [5.41, 5.74) is 1.06. The molecule has 1 aromatic rings. The summed E-state index contributed by atoms with van der Waals surface area (Å²) in [5, 5.41) is 16.2.